The third-order valence-electron chi connectivity index (χ3n) is 20.6. The molecule has 0 bridgehead atoms. The quantitative estimate of drug-likeness (QED) is 0.142. The van der Waals surface area contributed by atoms with Gasteiger partial charge in [0.05, 0.1) is 124 Å². The van der Waals surface area contributed by atoms with Crippen molar-refractivity contribution in [2.45, 2.75) is 32.7 Å². The van der Waals surface area contributed by atoms with E-state index in [1.165, 1.54) is 109 Å². The van der Waals surface area contributed by atoms with E-state index in [0.717, 1.165) is 82.1 Å². The van der Waals surface area contributed by atoms with Crippen molar-refractivity contribution in [2.75, 3.05) is 0 Å². The van der Waals surface area contributed by atoms with Gasteiger partial charge < -0.3 is 8.82 Å². The lowest BCUT2D eigenvalue weighted by molar-refractivity contribution is -0.648. The summed E-state index contributed by atoms with van der Waals surface area (Å²) >= 11 is 1.84. The van der Waals surface area contributed by atoms with Crippen LogP contribution in [0.4, 0.5) is 0 Å². The number of benzene rings is 1. The Morgan fingerprint density at radius 2 is 0.757 bits per heavy atom. The van der Waals surface area contributed by atoms with Crippen LogP contribution in [0.2, 0.25) is 0 Å². The van der Waals surface area contributed by atoms with Gasteiger partial charge in [-0.2, -0.15) is 9.13 Å². The minimum Gasteiger partial charge on any atom is -0.396 e. The lowest BCUT2D eigenvalue weighted by atomic mass is 10.1. The molecule has 0 saturated heterocycles. The van der Waals surface area contributed by atoms with E-state index in [-0.39, 0.29) is 0 Å². The van der Waals surface area contributed by atoms with Crippen LogP contribution in [0.3, 0.4) is 0 Å². The van der Waals surface area contributed by atoms with Gasteiger partial charge in [-0.15, -0.1) is 4.57 Å². The van der Waals surface area contributed by atoms with Crippen LogP contribution in [0.1, 0.15) is 31.9 Å². The highest BCUT2D eigenvalue weighted by Crippen LogP contribution is 2.40. The second kappa shape index (κ2) is 21.8. The van der Waals surface area contributed by atoms with Crippen LogP contribution >= 0.6 is 11.3 Å². The Balaban J connectivity index is 0.0000000830. The third-order valence-corrected chi connectivity index (χ3v) is 21.8. The molecule has 1 aromatic carbocycles. The van der Waals surface area contributed by atoms with Crippen LogP contribution in [-0.4, -0.2) is 85.5 Å². The average Bonchev–Trinajstić information content (AvgIpc) is 1.54. The summed E-state index contributed by atoms with van der Waals surface area (Å²) in [5.74, 6) is 4.10. The molecule has 21 aromatic rings. The third kappa shape index (κ3) is 8.35. The van der Waals surface area contributed by atoms with Crippen molar-refractivity contribution >= 4 is 93.3 Å². The highest BCUT2D eigenvalue weighted by Gasteiger charge is 2.40. The largest absolute Gasteiger partial charge is 0.396 e. The molecular weight excluding hydrogens is 1310 g/mol. The monoisotopic (exact) mass is 1370 g/mol. The molecule has 20 aromatic heterocycles. The van der Waals surface area contributed by atoms with Gasteiger partial charge in [-0.25, -0.2) is 47.8 Å². The van der Waals surface area contributed by atoms with Gasteiger partial charge in [0.2, 0.25) is 27.6 Å². The maximum Gasteiger partial charge on any atom is 0.382 e. The molecule has 490 valence electrons. The van der Waals surface area contributed by atoms with Gasteiger partial charge in [-0.3, -0.25) is 42.5 Å². The summed E-state index contributed by atoms with van der Waals surface area (Å²) < 4.78 is 58.9. The normalized spacial score (nSPS) is 13.5. The maximum absolute atomic E-state index is 8.00. The van der Waals surface area contributed by atoms with Crippen molar-refractivity contribution in [3.05, 3.63) is 274 Å². The number of pyridine rings is 5. The van der Waals surface area contributed by atoms with Crippen molar-refractivity contribution in [1.82, 2.24) is 85.5 Å². The van der Waals surface area contributed by atoms with Crippen molar-refractivity contribution in [3.8, 4) is 61.9 Å². The zero-order chi connectivity index (χ0) is 70.2. The van der Waals surface area contributed by atoms with Gasteiger partial charge in [-0.05, 0) is 72.8 Å². The molecule has 0 unspecified atom stereocenters. The fourth-order valence-electron chi connectivity index (χ4n) is 16.2. The molecule has 0 aliphatic carbocycles. The molecule has 0 radical (unpaired) electrons. The number of hydrogen-bond donors (Lipinski definition) is 0. The molecule has 5 aliphatic rings. The summed E-state index contributed by atoms with van der Waals surface area (Å²) in [4.78, 5) is 42.0. The highest BCUT2D eigenvalue weighted by atomic mass is 32.1. The summed E-state index contributed by atoms with van der Waals surface area (Å²) in [7, 11) is 2.12. The molecule has 0 N–H and O–H groups in total. The highest BCUT2D eigenvalue weighted by molar-refractivity contribution is 7.21. The number of para-hydroxylation sites is 1. The smallest absolute Gasteiger partial charge is 0.382 e. The molecule has 25 heteroatoms. The Hall–Kier alpha value is -13.8. The molecule has 5 aliphatic heterocycles. The number of thiazole rings is 1. The van der Waals surface area contributed by atoms with E-state index in [9.17, 15) is 0 Å². The second-order valence-corrected chi connectivity index (χ2v) is 27.1. The first-order valence-electron chi connectivity index (χ1n) is 35.0. The molecule has 0 spiro atoms. The lowest BCUT2D eigenvalue weighted by Gasteiger charge is -2.01. The number of imidazole rings is 3. The Morgan fingerprint density at radius 1 is 0.359 bits per heavy atom. The van der Waals surface area contributed by atoms with Crippen LogP contribution in [0.5, 0.6) is 0 Å². The van der Waals surface area contributed by atoms with Gasteiger partial charge in [-0.1, -0.05) is 29.5 Å². The van der Waals surface area contributed by atoms with E-state index < -0.39 is 6.98 Å². The number of hydrogen-bond acceptors (Lipinski definition) is 12. The number of aromatic nitrogens is 23. The van der Waals surface area contributed by atoms with Gasteiger partial charge in [0.15, 0.2) is 29.6 Å². The fraction of sp³-hybridized carbons (Fsp3) is 0.0897. The second-order valence-electron chi connectivity index (χ2n) is 26.1. The molecule has 0 saturated carbocycles. The number of nitrogens with zero attached hydrogens (tertiary/aromatic N) is 23. The molecule has 0 amide bonds. The summed E-state index contributed by atoms with van der Waals surface area (Å²) in [5.41, 5.74) is 28.7. The van der Waals surface area contributed by atoms with E-state index in [2.05, 4.69) is 187 Å². The Labute approximate surface area is 590 Å². The van der Waals surface area contributed by atoms with E-state index in [1.54, 1.807) is 43.6 Å². The van der Waals surface area contributed by atoms with Gasteiger partial charge >= 0.3 is 5.89 Å². The van der Waals surface area contributed by atoms with Crippen LogP contribution in [-0.2, 0) is 46.7 Å². The predicted molar refractivity (Wildman–Crippen MR) is 384 cm³/mol. The van der Waals surface area contributed by atoms with Crippen LogP contribution in [0, 0.1) is 0 Å². The van der Waals surface area contributed by atoms with E-state index in [4.69, 9.17) is 8.53 Å². The molecule has 103 heavy (non-hydrogen) atoms. The summed E-state index contributed by atoms with van der Waals surface area (Å²) in [6, 6.07) is 30.9. The van der Waals surface area contributed by atoms with E-state index in [0.29, 0.717) is 17.9 Å². The van der Waals surface area contributed by atoms with Crippen molar-refractivity contribution in [2.24, 2.45) is 14.0 Å². The molecule has 26 rings (SSSR count). The molecule has 24 nitrogen and oxygen atoms in total. The van der Waals surface area contributed by atoms with Crippen LogP contribution in [0.25, 0.3) is 144 Å². The van der Waals surface area contributed by atoms with E-state index in [1.807, 2.05) is 138 Å². The van der Waals surface area contributed by atoms with Gasteiger partial charge in [0.1, 0.15) is 41.1 Å². The zero-order valence-corrected chi connectivity index (χ0v) is 55.5. The van der Waals surface area contributed by atoms with Crippen molar-refractivity contribution < 1.29 is 31.4 Å². The summed E-state index contributed by atoms with van der Waals surface area (Å²) in [6.45, 7) is 1.82. The standard InChI is InChI=1S/C20H14N5.2C15H12N5.C14H9N4O.C14H9N4S/c1-2-4-15(5-3-1)25-18-12-23-13-22-9-7-17(23)19(18)24-11-14-10-21-8-6-16(14)20(24)25;2*1-18-13-8-19-9-17-5-3-12(19)14(13)20-7-10-6-16-4-2-11(10)15(18)20;2*1-3-15-5-9-6-18-13-11-2-4-16-8-17(11)7-12(13)19-14(18)10(1)9/h1-10,12-13H,11H2;2*2-6,8-9H,7H2,1H3;2*1-5,7-8H,6H2/q5*+1/i;1D3;;;. The van der Waals surface area contributed by atoms with Crippen LogP contribution in [0.15, 0.2) is 251 Å². The fourth-order valence-corrected chi connectivity index (χ4v) is 17.5. The van der Waals surface area contributed by atoms with Crippen LogP contribution < -0.4 is 22.8 Å². The SMILES string of the molecule is Cn1c2[n+](c3c1cn1cnccc31)Cc1cnccc1-2.[2H]C([2H])([2H])n1c2[n+](c3c1cn1cnccc31)Cc1cnccc1-2.c1cc2c(cn1)C[n+]1c-2oc2cn3cnccc3c21.c1cc2c(cn1)C[n+]1c-2sc2cn3cnccc3c21.c1ccc(-n2c3[n+](c4c2cn2cnccc42)Cc2cnccc2-3)cc1. The topological polar surface area (TPSA) is 198 Å². The van der Waals surface area contributed by atoms with Gasteiger partial charge in [0, 0.05) is 121 Å². The van der Waals surface area contributed by atoms with Crippen molar-refractivity contribution in [1.29, 1.82) is 0 Å². The summed E-state index contributed by atoms with van der Waals surface area (Å²) in [6.07, 6.45) is 47.1. The van der Waals surface area contributed by atoms with E-state index >= 15 is 0 Å². The Bertz CT molecular complexity index is 7090. The lowest BCUT2D eigenvalue weighted by Crippen LogP contribution is -2.31. The first kappa shape index (κ1) is 54.1. The molecule has 0 fully saturated rings. The number of aryl methyl sites for hydroxylation is 2. The summed E-state index contributed by atoms with van der Waals surface area (Å²) in [5, 5.41) is 1.33. The zero-order valence-electron chi connectivity index (χ0n) is 57.7. The Morgan fingerprint density at radius 3 is 1.31 bits per heavy atom. The number of fused-ring (bicyclic) bond motifs is 35. The van der Waals surface area contributed by atoms with Gasteiger partial charge in [0.25, 0.3) is 28.0 Å². The molecular formula is C78H56N23OS+5. The number of rotatable bonds is 1. The minimum absolute atomic E-state index is 0.625. The Kier molecular flexibility index (Phi) is 11.5. The van der Waals surface area contributed by atoms with Crippen molar-refractivity contribution in [3.63, 3.8) is 0 Å². The maximum atomic E-state index is 8.00. The number of oxazole rings is 1. The average molecular weight is 1370 g/mol. The molecule has 0 atom stereocenters. The minimum atomic E-state index is -2.26. The first-order valence-corrected chi connectivity index (χ1v) is 34.3. The molecule has 25 heterocycles. The predicted octanol–water partition coefficient (Wildman–Crippen LogP) is 10.1. The first-order chi connectivity index (χ1) is 52.1.